The first-order chi connectivity index (χ1) is 14.1. The van der Waals surface area contributed by atoms with Crippen molar-refractivity contribution < 1.29 is 9.18 Å². The highest BCUT2D eigenvalue weighted by molar-refractivity contribution is 6.08. The highest BCUT2D eigenvalue weighted by Crippen LogP contribution is 2.24. The lowest BCUT2D eigenvalue weighted by atomic mass is 10.0. The lowest BCUT2D eigenvalue weighted by Crippen LogP contribution is -2.20. The monoisotopic (exact) mass is 384 g/mol. The number of pyridine rings is 2. The van der Waals surface area contributed by atoms with Crippen LogP contribution in [0.1, 0.15) is 22.8 Å². The molecule has 0 saturated heterocycles. The van der Waals surface area contributed by atoms with Crippen LogP contribution in [0, 0.1) is 5.82 Å². The molecule has 4 aromatic rings. The number of hydrogen-bond acceptors (Lipinski definition) is 4. The van der Waals surface area contributed by atoms with Gasteiger partial charge in [0.05, 0.1) is 22.5 Å². The smallest absolute Gasteiger partial charge is 0.267 e. The van der Waals surface area contributed by atoms with Crippen LogP contribution in [0.25, 0.3) is 22.2 Å². The summed E-state index contributed by atoms with van der Waals surface area (Å²) in [5.41, 5.74) is 6.37. The molecule has 2 heterocycles. The van der Waals surface area contributed by atoms with Crippen molar-refractivity contribution in [1.29, 1.82) is 0 Å². The molecule has 5 nitrogen and oxygen atoms in total. The van der Waals surface area contributed by atoms with Crippen LogP contribution in [0.4, 0.5) is 4.39 Å². The van der Waals surface area contributed by atoms with Gasteiger partial charge in [-0.25, -0.2) is 14.8 Å². The van der Waals surface area contributed by atoms with Gasteiger partial charge in [-0.2, -0.15) is 5.10 Å². The maximum atomic E-state index is 13.4. The first-order valence-corrected chi connectivity index (χ1v) is 9.02. The number of amides is 1. The predicted molar refractivity (Wildman–Crippen MR) is 111 cm³/mol. The fraction of sp³-hybridized carbons (Fsp3) is 0.0435. The van der Waals surface area contributed by atoms with Crippen LogP contribution in [-0.2, 0) is 0 Å². The molecule has 0 aliphatic heterocycles. The number of carbonyl (C=O) groups is 1. The maximum Gasteiger partial charge on any atom is 0.272 e. The SMILES string of the molecule is C/C(=N\NC(=O)c1cc(-c2ccncc2)nc2ccccc12)c1cccc(F)c1. The van der Waals surface area contributed by atoms with Gasteiger partial charge in [0.25, 0.3) is 5.91 Å². The van der Waals surface area contributed by atoms with Crippen LogP contribution in [0.2, 0.25) is 0 Å². The first kappa shape index (κ1) is 18.4. The molecule has 0 unspecified atom stereocenters. The summed E-state index contributed by atoms with van der Waals surface area (Å²) in [6.45, 7) is 1.71. The minimum absolute atomic E-state index is 0.356. The number of benzene rings is 2. The molecule has 1 N–H and O–H groups in total. The number of para-hydroxylation sites is 1. The van der Waals surface area contributed by atoms with Gasteiger partial charge in [0, 0.05) is 28.9 Å². The summed E-state index contributed by atoms with van der Waals surface area (Å²) in [6.07, 6.45) is 3.36. The number of nitrogens with zero attached hydrogens (tertiary/aromatic N) is 3. The molecule has 29 heavy (non-hydrogen) atoms. The predicted octanol–water partition coefficient (Wildman–Crippen LogP) is 4.59. The zero-order chi connectivity index (χ0) is 20.2. The standard InChI is InChI=1S/C23H17FN4O/c1-15(17-5-4-6-18(24)13-17)27-28-23(29)20-14-22(16-9-11-25-12-10-16)26-21-8-3-2-7-19(20)21/h2-14H,1H3,(H,28,29)/b27-15+. The Morgan fingerprint density at radius 1 is 1.00 bits per heavy atom. The Bertz CT molecular complexity index is 1220. The molecular formula is C23H17FN4O. The number of fused-ring (bicyclic) bond motifs is 1. The van der Waals surface area contributed by atoms with E-state index in [2.05, 4.69) is 20.5 Å². The Kier molecular flexibility index (Phi) is 5.07. The van der Waals surface area contributed by atoms with E-state index >= 15 is 0 Å². The van der Waals surface area contributed by atoms with E-state index in [1.54, 1.807) is 37.5 Å². The zero-order valence-electron chi connectivity index (χ0n) is 15.6. The third kappa shape index (κ3) is 4.01. The second-order valence-electron chi connectivity index (χ2n) is 6.46. The van der Waals surface area contributed by atoms with Crippen molar-refractivity contribution in [3.8, 4) is 11.3 Å². The Morgan fingerprint density at radius 2 is 1.79 bits per heavy atom. The van der Waals surface area contributed by atoms with Gasteiger partial charge in [0.1, 0.15) is 5.82 Å². The van der Waals surface area contributed by atoms with Gasteiger partial charge in [0.15, 0.2) is 0 Å². The number of rotatable bonds is 4. The largest absolute Gasteiger partial charge is 0.272 e. The molecule has 0 aliphatic carbocycles. The van der Waals surface area contributed by atoms with E-state index in [1.807, 2.05) is 36.4 Å². The number of carbonyl (C=O) groups excluding carboxylic acids is 1. The number of hydrogen-bond donors (Lipinski definition) is 1. The topological polar surface area (TPSA) is 67.2 Å². The van der Waals surface area contributed by atoms with Crippen LogP contribution in [-0.4, -0.2) is 21.6 Å². The van der Waals surface area contributed by atoms with Gasteiger partial charge in [-0.1, -0.05) is 30.3 Å². The molecule has 1 amide bonds. The average molecular weight is 384 g/mol. The fourth-order valence-electron chi connectivity index (χ4n) is 3.01. The Morgan fingerprint density at radius 3 is 2.59 bits per heavy atom. The van der Waals surface area contributed by atoms with Crippen molar-refractivity contribution in [1.82, 2.24) is 15.4 Å². The van der Waals surface area contributed by atoms with E-state index in [0.717, 1.165) is 10.9 Å². The average Bonchev–Trinajstić information content (AvgIpc) is 2.77. The molecule has 0 radical (unpaired) electrons. The molecule has 0 fully saturated rings. The summed E-state index contributed by atoms with van der Waals surface area (Å²) in [6, 6.07) is 18.9. The van der Waals surface area contributed by atoms with E-state index in [1.165, 1.54) is 12.1 Å². The van der Waals surface area contributed by atoms with Crippen molar-refractivity contribution in [2.45, 2.75) is 6.92 Å². The third-order valence-corrected chi connectivity index (χ3v) is 4.50. The minimum Gasteiger partial charge on any atom is -0.267 e. The lowest BCUT2D eigenvalue weighted by molar-refractivity contribution is 0.0956. The van der Waals surface area contributed by atoms with Gasteiger partial charge in [-0.05, 0) is 43.3 Å². The van der Waals surface area contributed by atoms with Gasteiger partial charge in [0.2, 0.25) is 0 Å². The molecule has 0 bridgehead atoms. The second kappa shape index (κ2) is 7.98. The van der Waals surface area contributed by atoms with Crippen LogP contribution in [0.3, 0.4) is 0 Å². The van der Waals surface area contributed by atoms with Crippen LogP contribution < -0.4 is 5.43 Å². The normalized spacial score (nSPS) is 11.4. The van der Waals surface area contributed by atoms with Gasteiger partial charge in [-0.15, -0.1) is 0 Å². The summed E-state index contributed by atoms with van der Waals surface area (Å²) in [7, 11) is 0. The van der Waals surface area contributed by atoms with E-state index < -0.39 is 0 Å². The molecule has 142 valence electrons. The number of nitrogens with one attached hydrogen (secondary N) is 1. The Labute approximate surface area is 167 Å². The molecule has 6 heteroatoms. The second-order valence-corrected chi connectivity index (χ2v) is 6.46. The van der Waals surface area contributed by atoms with Crippen molar-refractivity contribution in [2.75, 3.05) is 0 Å². The van der Waals surface area contributed by atoms with Gasteiger partial charge in [-0.3, -0.25) is 9.78 Å². The number of halogens is 1. The molecule has 0 aliphatic rings. The molecule has 2 aromatic heterocycles. The molecule has 0 spiro atoms. The molecule has 0 saturated carbocycles. The van der Waals surface area contributed by atoms with Gasteiger partial charge >= 0.3 is 0 Å². The van der Waals surface area contributed by atoms with Crippen molar-refractivity contribution >= 4 is 22.5 Å². The molecule has 0 atom stereocenters. The zero-order valence-corrected chi connectivity index (χ0v) is 15.6. The summed E-state index contributed by atoms with van der Waals surface area (Å²) < 4.78 is 13.4. The van der Waals surface area contributed by atoms with Gasteiger partial charge < -0.3 is 0 Å². The van der Waals surface area contributed by atoms with Crippen LogP contribution >= 0.6 is 0 Å². The molecule has 4 rings (SSSR count). The summed E-state index contributed by atoms with van der Waals surface area (Å²) >= 11 is 0. The maximum absolute atomic E-state index is 13.4. The van der Waals surface area contributed by atoms with E-state index in [9.17, 15) is 9.18 Å². The van der Waals surface area contributed by atoms with E-state index in [-0.39, 0.29) is 11.7 Å². The van der Waals surface area contributed by atoms with Crippen molar-refractivity contribution in [2.24, 2.45) is 5.10 Å². The van der Waals surface area contributed by atoms with Crippen LogP contribution in [0.15, 0.2) is 84.2 Å². The fourth-order valence-corrected chi connectivity index (χ4v) is 3.01. The minimum atomic E-state index is -0.366. The Hall–Kier alpha value is -3.93. The highest BCUT2D eigenvalue weighted by atomic mass is 19.1. The lowest BCUT2D eigenvalue weighted by Gasteiger charge is -2.09. The number of aromatic nitrogens is 2. The number of hydrazone groups is 1. The highest BCUT2D eigenvalue weighted by Gasteiger charge is 2.14. The summed E-state index contributed by atoms with van der Waals surface area (Å²) in [5, 5.41) is 4.86. The van der Waals surface area contributed by atoms with Crippen LogP contribution in [0.5, 0.6) is 0 Å². The summed E-state index contributed by atoms with van der Waals surface area (Å²) in [5.74, 6) is -0.722. The van der Waals surface area contributed by atoms with Crippen molar-refractivity contribution in [3.63, 3.8) is 0 Å². The quantitative estimate of drug-likeness (QED) is 0.413. The third-order valence-electron chi connectivity index (χ3n) is 4.50. The molecule has 2 aromatic carbocycles. The Balaban J connectivity index is 1.71. The van der Waals surface area contributed by atoms with E-state index in [4.69, 9.17) is 0 Å². The molecular weight excluding hydrogens is 367 g/mol. The van der Waals surface area contributed by atoms with Crippen molar-refractivity contribution in [3.05, 3.63) is 96.1 Å². The first-order valence-electron chi connectivity index (χ1n) is 9.02. The summed E-state index contributed by atoms with van der Waals surface area (Å²) in [4.78, 5) is 21.6. The van der Waals surface area contributed by atoms with E-state index in [0.29, 0.717) is 28.0 Å².